The number of carbonyl (C=O) groups is 3. The summed E-state index contributed by atoms with van der Waals surface area (Å²) in [7, 11) is 0. The van der Waals surface area contributed by atoms with Crippen LogP contribution in [0.2, 0.25) is 0 Å². The first-order chi connectivity index (χ1) is 12.5. The highest BCUT2D eigenvalue weighted by molar-refractivity contribution is 6.21. The SMILES string of the molecule is O=C(CCn1[nH]c(=O)ccc1=O)OCCN1C(=O)c2ccccc2C1=O. The molecule has 2 aromatic rings. The van der Waals surface area contributed by atoms with Crippen molar-refractivity contribution in [3.63, 3.8) is 0 Å². The highest BCUT2D eigenvalue weighted by atomic mass is 16.5. The number of hydrogen-bond donors (Lipinski definition) is 1. The van der Waals surface area contributed by atoms with Crippen molar-refractivity contribution < 1.29 is 19.1 Å². The summed E-state index contributed by atoms with van der Waals surface area (Å²) in [5.74, 6) is -1.46. The Bertz CT molecular complexity index is 955. The molecule has 3 rings (SSSR count). The molecule has 26 heavy (non-hydrogen) atoms. The second-order valence-corrected chi connectivity index (χ2v) is 5.58. The van der Waals surface area contributed by atoms with Crippen LogP contribution in [0.5, 0.6) is 0 Å². The van der Waals surface area contributed by atoms with Crippen LogP contribution < -0.4 is 11.1 Å². The van der Waals surface area contributed by atoms with E-state index in [0.717, 1.165) is 21.7 Å². The van der Waals surface area contributed by atoms with Gasteiger partial charge in [-0.15, -0.1) is 0 Å². The van der Waals surface area contributed by atoms with Crippen LogP contribution in [0.15, 0.2) is 46.0 Å². The van der Waals surface area contributed by atoms with Gasteiger partial charge < -0.3 is 4.74 Å². The molecule has 1 aliphatic rings. The average molecular weight is 357 g/mol. The number of H-pyrrole nitrogens is 1. The molecule has 2 amide bonds. The highest BCUT2D eigenvalue weighted by Crippen LogP contribution is 2.21. The van der Waals surface area contributed by atoms with E-state index in [1.165, 1.54) is 0 Å². The molecule has 0 fully saturated rings. The second kappa shape index (κ2) is 7.18. The maximum Gasteiger partial charge on any atom is 0.307 e. The molecule has 0 unspecified atom stereocenters. The van der Waals surface area contributed by atoms with Crippen molar-refractivity contribution in [1.82, 2.24) is 14.7 Å². The van der Waals surface area contributed by atoms with Crippen LogP contribution in [0.3, 0.4) is 0 Å². The lowest BCUT2D eigenvalue weighted by Gasteiger charge is -2.13. The van der Waals surface area contributed by atoms with Crippen molar-refractivity contribution in [2.75, 3.05) is 13.2 Å². The van der Waals surface area contributed by atoms with Gasteiger partial charge in [0.15, 0.2) is 0 Å². The van der Waals surface area contributed by atoms with Crippen LogP contribution in [0.1, 0.15) is 27.1 Å². The van der Waals surface area contributed by atoms with Crippen molar-refractivity contribution in [3.8, 4) is 0 Å². The lowest BCUT2D eigenvalue weighted by atomic mass is 10.1. The number of benzene rings is 1. The Balaban J connectivity index is 1.50. The Morgan fingerprint density at radius 2 is 1.58 bits per heavy atom. The molecule has 1 aromatic heterocycles. The Morgan fingerprint density at radius 3 is 2.23 bits per heavy atom. The molecule has 0 atom stereocenters. The van der Waals surface area contributed by atoms with Gasteiger partial charge in [-0.2, -0.15) is 0 Å². The quantitative estimate of drug-likeness (QED) is 0.563. The Kier molecular flexibility index (Phi) is 4.78. The van der Waals surface area contributed by atoms with Gasteiger partial charge in [-0.25, -0.2) is 4.68 Å². The Morgan fingerprint density at radius 1 is 0.923 bits per heavy atom. The normalized spacial score (nSPS) is 13.0. The Hall–Kier alpha value is -3.49. The fraction of sp³-hybridized carbons (Fsp3) is 0.235. The third kappa shape index (κ3) is 3.46. The number of imide groups is 1. The summed E-state index contributed by atoms with van der Waals surface area (Å²) in [6.07, 6.45) is -0.137. The molecule has 2 heterocycles. The molecule has 134 valence electrons. The van der Waals surface area contributed by atoms with E-state index in [9.17, 15) is 24.0 Å². The first-order valence-electron chi connectivity index (χ1n) is 7.88. The summed E-state index contributed by atoms with van der Waals surface area (Å²) in [4.78, 5) is 59.8. The summed E-state index contributed by atoms with van der Waals surface area (Å²) >= 11 is 0. The first-order valence-corrected chi connectivity index (χ1v) is 7.88. The summed E-state index contributed by atoms with van der Waals surface area (Å²) < 4.78 is 6.01. The van der Waals surface area contributed by atoms with Gasteiger partial charge in [0.25, 0.3) is 22.9 Å². The monoisotopic (exact) mass is 357 g/mol. The van der Waals surface area contributed by atoms with Gasteiger partial charge in [0.2, 0.25) is 0 Å². The van der Waals surface area contributed by atoms with Crippen LogP contribution in [-0.4, -0.2) is 45.6 Å². The van der Waals surface area contributed by atoms with Crippen molar-refractivity contribution in [1.29, 1.82) is 0 Å². The summed E-state index contributed by atoms with van der Waals surface area (Å²) in [6.45, 7) is -0.245. The lowest BCUT2D eigenvalue weighted by molar-refractivity contribution is -0.144. The number of nitrogens with zero attached hydrogens (tertiary/aromatic N) is 2. The molecule has 1 aliphatic heterocycles. The van der Waals surface area contributed by atoms with Gasteiger partial charge in [0, 0.05) is 12.1 Å². The van der Waals surface area contributed by atoms with E-state index in [1.807, 2.05) is 0 Å². The topological polar surface area (TPSA) is 119 Å². The maximum absolute atomic E-state index is 12.2. The van der Waals surface area contributed by atoms with Crippen molar-refractivity contribution >= 4 is 17.8 Å². The van der Waals surface area contributed by atoms with E-state index in [1.54, 1.807) is 24.3 Å². The van der Waals surface area contributed by atoms with E-state index < -0.39 is 28.9 Å². The molecule has 9 heteroatoms. The molecular weight excluding hydrogens is 342 g/mol. The number of rotatable bonds is 6. The fourth-order valence-electron chi connectivity index (χ4n) is 2.60. The smallest absolute Gasteiger partial charge is 0.307 e. The minimum atomic E-state index is -0.613. The van der Waals surface area contributed by atoms with E-state index in [2.05, 4.69) is 5.10 Å². The van der Waals surface area contributed by atoms with Crippen LogP contribution in [-0.2, 0) is 16.1 Å². The van der Waals surface area contributed by atoms with Crippen LogP contribution in [0, 0.1) is 0 Å². The van der Waals surface area contributed by atoms with E-state index in [-0.39, 0.29) is 26.1 Å². The summed E-state index contributed by atoms with van der Waals surface area (Å²) in [5, 5.41) is 2.30. The van der Waals surface area contributed by atoms with Gasteiger partial charge in [-0.3, -0.25) is 34.0 Å². The molecular formula is C17H15N3O6. The molecule has 0 radical (unpaired) electrons. The number of aromatic nitrogens is 2. The molecule has 0 aliphatic carbocycles. The second-order valence-electron chi connectivity index (χ2n) is 5.58. The fourth-order valence-corrected chi connectivity index (χ4v) is 2.60. The van der Waals surface area contributed by atoms with Crippen molar-refractivity contribution in [2.24, 2.45) is 0 Å². The number of aryl methyl sites for hydroxylation is 1. The van der Waals surface area contributed by atoms with E-state index in [0.29, 0.717) is 11.1 Å². The van der Waals surface area contributed by atoms with Crippen molar-refractivity contribution in [3.05, 3.63) is 68.2 Å². The average Bonchev–Trinajstić information content (AvgIpc) is 2.88. The van der Waals surface area contributed by atoms with Crippen LogP contribution in [0.25, 0.3) is 0 Å². The number of esters is 1. The van der Waals surface area contributed by atoms with Gasteiger partial charge in [0.1, 0.15) is 6.61 Å². The Labute approximate surface area is 146 Å². The molecule has 0 bridgehead atoms. The number of nitrogens with one attached hydrogen (secondary N) is 1. The molecule has 0 saturated heterocycles. The summed E-state index contributed by atoms with van der Waals surface area (Å²) in [6, 6.07) is 8.68. The predicted molar refractivity (Wildman–Crippen MR) is 88.7 cm³/mol. The number of aromatic amines is 1. The minimum absolute atomic E-state index is 0.0409. The molecule has 9 nitrogen and oxygen atoms in total. The van der Waals surface area contributed by atoms with E-state index in [4.69, 9.17) is 4.74 Å². The number of carbonyl (C=O) groups excluding carboxylic acids is 3. The molecule has 1 aromatic carbocycles. The minimum Gasteiger partial charge on any atom is -0.464 e. The van der Waals surface area contributed by atoms with Crippen molar-refractivity contribution in [2.45, 2.75) is 13.0 Å². The first kappa shape index (κ1) is 17.3. The van der Waals surface area contributed by atoms with E-state index >= 15 is 0 Å². The zero-order valence-electron chi connectivity index (χ0n) is 13.6. The number of hydrogen-bond acceptors (Lipinski definition) is 6. The van der Waals surface area contributed by atoms with Gasteiger partial charge in [0.05, 0.1) is 30.6 Å². The third-order valence-corrected chi connectivity index (χ3v) is 3.88. The number of fused-ring (bicyclic) bond motifs is 1. The predicted octanol–water partition coefficient (Wildman–Crippen LogP) is -0.234. The highest BCUT2D eigenvalue weighted by Gasteiger charge is 2.34. The van der Waals surface area contributed by atoms with Gasteiger partial charge in [-0.1, -0.05) is 12.1 Å². The number of amides is 2. The largest absolute Gasteiger partial charge is 0.464 e. The lowest BCUT2D eigenvalue weighted by Crippen LogP contribution is -2.33. The standard InChI is InChI=1S/C17H15N3O6/c21-13-5-6-14(22)20(18-13)8-7-15(23)26-10-9-19-16(24)11-3-1-2-4-12(11)17(19)25/h1-6H,7-10H2,(H,18,21). The van der Waals surface area contributed by atoms with Crippen LogP contribution in [0.4, 0.5) is 0 Å². The third-order valence-electron chi connectivity index (χ3n) is 3.88. The zero-order valence-corrected chi connectivity index (χ0v) is 13.6. The van der Waals surface area contributed by atoms with Gasteiger partial charge in [-0.05, 0) is 12.1 Å². The van der Waals surface area contributed by atoms with Crippen LogP contribution >= 0.6 is 0 Å². The molecule has 1 N–H and O–H groups in total. The number of ether oxygens (including phenoxy) is 1. The molecule has 0 saturated carbocycles. The summed E-state index contributed by atoms with van der Waals surface area (Å²) in [5.41, 5.74) is -0.237. The van der Waals surface area contributed by atoms with Gasteiger partial charge >= 0.3 is 5.97 Å². The maximum atomic E-state index is 12.2. The zero-order chi connectivity index (χ0) is 18.7. The molecule has 0 spiro atoms.